The Bertz CT molecular complexity index is 404. The fourth-order valence-electron chi connectivity index (χ4n) is 3.00. The zero-order valence-electron chi connectivity index (χ0n) is 9.04. The van der Waals surface area contributed by atoms with Gasteiger partial charge in [-0.2, -0.15) is 0 Å². The summed E-state index contributed by atoms with van der Waals surface area (Å²) in [4.78, 5) is 13.7. The maximum atomic E-state index is 11.8. The monoisotopic (exact) mass is 217 g/mol. The Morgan fingerprint density at radius 1 is 1.19 bits per heavy atom. The summed E-state index contributed by atoms with van der Waals surface area (Å²) >= 11 is 0. The van der Waals surface area contributed by atoms with Gasteiger partial charge in [0.25, 0.3) is 0 Å². The first kappa shape index (κ1) is 9.85. The number of rotatable bonds is 1. The highest BCUT2D eigenvalue weighted by Gasteiger charge is 2.46. The van der Waals surface area contributed by atoms with Gasteiger partial charge in [0.2, 0.25) is 5.91 Å². The summed E-state index contributed by atoms with van der Waals surface area (Å²) in [5, 5.41) is 9.77. The molecule has 0 aromatic heterocycles. The van der Waals surface area contributed by atoms with Crippen molar-refractivity contribution in [2.24, 2.45) is 0 Å². The van der Waals surface area contributed by atoms with Crippen LogP contribution in [0.15, 0.2) is 30.3 Å². The maximum absolute atomic E-state index is 11.8. The highest BCUT2D eigenvalue weighted by atomic mass is 16.3. The summed E-state index contributed by atoms with van der Waals surface area (Å²) in [5.41, 5.74) is 1.19. The fraction of sp³-hybridized carbons (Fsp3) is 0.462. The van der Waals surface area contributed by atoms with Crippen molar-refractivity contribution >= 4 is 5.91 Å². The second kappa shape index (κ2) is 3.59. The SMILES string of the molecule is O=C1C[C@H](O)[C@H]2CC[C@@H](c3ccccc3)N12. The molecular weight excluding hydrogens is 202 g/mol. The van der Waals surface area contributed by atoms with E-state index >= 15 is 0 Å². The lowest BCUT2D eigenvalue weighted by atomic mass is 10.0. The van der Waals surface area contributed by atoms with Gasteiger partial charge in [-0.15, -0.1) is 0 Å². The van der Waals surface area contributed by atoms with Crippen molar-refractivity contribution in [1.82, 2.24) is 4.90 Å². The van der Waals surface area contributed by atoms with Crippen LogP contribution in [0.3, 0.4) is 0 Å². The summed E-state index contributed by atoms with van der Waals surface area (Å²) in [5.74, 6) is 0.101. The van der Waals surface area contributed by atoms with Crippen molar-refractivity contribution < 1.29 is 9.90 Å². The number of carbonyl (C=O) groups excluding carboxylic acids is 1. The van der Waals surface area contributed by atoms with E-state index in [0.717, 1.165) is 12.8 Å². The molecule has 3 heteroatoms. The molecule has 0 unspecified atom stereocenters. The van der Waals surface area contributed by atoms with E-state index in [1.165, 1.54) is 5.56 Å². The van der Waals surface area contributed by atoms with Gasteiger partial charge in [0.05, 0.1) is 24.6 Å². The number of aliphatic hydroxyl groups is 1. The van der Waals surface area contributed by atoms with E-state index in [1.54, 1.807) is 0 Å². The summed E-state index contributed by atoms with van der Waals surface area (Å²) < 4.78 is 0. The van der Waals surface area contributed by atoms with Crippen molar-refractivity contribution in [2.75, 3.05) is 0 Å². The van der Waals surface area contributed by atoms with E-state index < -0.39 is 6.10 Å². The number of amides is 1. The van der Waals surface area contributed by atoms with Crippen molar-refractivity contribution in [2.45, 2.75) is 37.5 Å². The second-order valence-corrected chi connectivity index (χ2v) is 4.64. The largest absolute Gasteiger partial charge is 0.390 e. The van der Waals surface area contributed by atoms with Crippen LogP contribution in [0.2, 0.25) is 0 Å². The van der Waals surface area contributed by atoms with Gasteiger partial charge in [-0.3, -0.25) is 4.79 Å². The van der Waals surface area contributed by atoms with Crippen LogP contribution >= 0.6 is 0 Å². The first-order chi connectivity index (χ1) is 7.77. The molecule has 2 saturated heterocycles. The van der Waals surface area contributed by atoms with Gasteiger partial charge >= 0.3 is 0 Å². The molecule has 0 radical (unpaired) electrons. The molecule has 0 spiro atoms. The summed E-state index contributed by atoms with van der Waals surface area (Å²) in [6, 6.07) is 10.3. The second-order valence-electron chi connectivity index (χ2n) is 4.64. The Morgan fingerprint density at radius 2 is 1.94 bits per heavy atom. The minimum atomic E-state index is -0.457. The summed E-state index contributed by atoms with van der Waals surface area (Å²) in [6.45, 7) is 0. The minimum Gasteiger partial charge on any atom is -0.390 e. The predicted molar refractivity (Wildman–Crippen MR) is 59.7 cm³/mol. The van der Waals surface area contributed by atoms with Crippen LogP contribution in [0.25, 0.3) is 0 Å². The molecule has 0 aliphatic carbocycles. The molecule has 16 heavy (non-hydrogen) atoms. The van der Waals surface area contributed by atoms with Crippen LogP contribution in [0.1, 0.15) is 30.9 Å². The molecule has 3 rings (SSSR count). The number of hydrogen-bond acceptors (Lipinski definition) is 2. The minimum absolute atomic E-state index is 0.0534. The van der Waals surface area contributed by atoms with Crippen LogP contribution in [0.4, 0.5) is 0 Å². The Morgan fingerprint density at radius 3 is 2.69 bits per heavy atom. The quantitative estimate of drug-likeness (QED) is 0.774. The molecule has 84 valence electrons. The molecule has 2 aliphatic rings. The van der Waals surface area contributed by atoms with E-state index in [0.29, 0.717) is 6.42 Å². The third kappa shape index (κ3) is 1.35. The smallest absolute Gasteiger partial charge is 0.226 e. The fourth-order valence-corrected chi connectivity index (χ4v) is 3.00. The number of benzene rings is 1. The lowest BCUT2D eigenvalue weighted by molar-refractivity contribution is -0.129. The summed E-state index contributed by atoms with van der Waals surface area (Å²) in [6.07, 6.45) is 1.74. The van der Waals surface area contributed by atoms with Crippen molar-refractivity contribution in [3.63, 3.8) is 0 Å². The van der Waals surface area contributed by atoms with Gasteiger partial charge < -0.3 is 10.0 Å². The van der Waals surface area contributed by atoms with E-state index in [4.69, 9.17) is 0 Å². The number of fused-ring (bicyclic) bond motifs is 1. The number of nitrogens with zero attached hydrogens (tertiary/aromatic N) is 1. The molecule has 3 nitrogen and oxygen atoms in total. The van der Waals surface area contributed by atoms with Gasteiger partial charge in [-0.25, -0.2) is 0 Å². The van der Waals surface area contributed by atoms with Crippen LogP contribution in [-0.2, 0) is 4.79 Å². The topological polar surface area (TPSA) is 40.5 Å². The molecule has 2 aliphatic heterocycles. The Kier molecular flexibility index (Phi) is 2.21. The lowest BCUT2D eigenvalue weighted by Crippen LogP contribution is -2.32. The zero-order chi connectivity index (χ0) is 11.1. The van der Waals surface area contributed by atoms with Gasteiger partial charge in [0, 0.05) is 0 Å². The van der Waals surface area contributed by atoms with E-state index in [1.807, 2.05) is 23.1 Å². The predicted octanol–water partition coefficient (Wildman–Crippen LogP) is 1.48. The standard InChI is InChI=1S/C13H15NO2/c15-12-8-13(16)14-10(6-7-11(12)14)9-4-2-1-3-5-9/h1-5,10-12,15H,6-8H2/t10-,11+,12-/m0/s1. The van der Waals surface area contributed by atoms with Crippen LogP contribution in [0, 0.1) is 0 Å². The molecule has 1 amide bonds. The van der Waals surface area contributed by atoms with E-state index in [2.05, 4.69) is 12.1 Å². The average molecular weight is 217 g/mol. The molecular formula is C13H15NO2. The molecule has 3 atom stereocenters. The highest BCUT2D eigenvalue weighted by Crippen LogP contribution is 2.41. The van der Waals surface area contributed by atoms with Crippen LogP contribution in [0.5, 0.6) is 0 Å². The van der Waals surface area contributed by atoms with E-state index in [9.17, 15) is 9.90 Å². The third-order valence-electron chi connectivity index (χ3n) is 3.73. The maximum Gasteiger partial charge on any atom is 0.226 e. The van der Waals surface area contributed by atoms with Gasteiger partial charge in [0.1, 0.15) is 0 Å². The van der Waals surface area contributed by atoms with Crippen molar-refractivity contribution in [3.8, 4) is 0 Å². The Hall–Kier alpha value is -1.35. The molecule has 1 N–H and O–H groups in total. The number of hydrogen-bond donors (Lipinski definition) is 1. The molecule has 1 aromatic carbocycles. The number of aliphatic hydroxyl groups excluding tert-OH is 1. The first-order valence-corrected chi connectivity index (χ1v) is 5.81. The first-order valence-electron chi connectivity index (χ1n) is 5.81. The van der Waals surface area contributed by atoms with Crippen LogP contribution < -0.4 is 0 Å². The van der Waals surface area contributed by atoms with Crippen molar-refractivity contribution in [1.29, 1.82) is 0 Å². The molecule has 0 bridgehead atoms. The normalized spacial score (nSPS) is 33.2. The molecule has 0 saturated carbocycles. The third-order valence-corrected chi connectivity index (χ3v) is 3.73. The van der Waals surface area contributed by atoms with Crippen LogP contribution in [-0.4, -0.2) is 28.1 Å². The lowest BCUT2D eigenvalue weighted by Gasteiger charge is -2.25. The van der Waals surface area contributed by atoms with E-state index in [-0.39, 0.29) is 18.0 Å². The van der Waals surface area contributed by atoms with Gasteiger partial charge in [0.15, 0.2) is 0 Å². The molecule has 2 heterocycles. The highest BCUT2D eigenvalue weighted by molar-refractivity contribution is 5.80. The van der Waals surface area contributed by atoms with Crippen molar-refractivity contribution in [3.05, 3.63) is 35.9 Å². The Labute approximate surface area is 94.7 Å². The average Bonchev–Trinajstić information content (AvgIpc) is 2.84. The molecule has 2 fully saturated rings. The van der Waals surface area contributed by atoms with Gasteiger partial charge in [-0.05, 0) is 18.4 Å². The van der Waals surface area contributed by atoms with Gasteiger partial charge in [-0.1, -0.05) is 30.3 Å². The Balaban J connectivity index is 1.92. The number of carbonyl (C=O) groups is 1. The summed E-state index contributed by atoms with van der Waals surface area (Å²) in [7, 11) is 0. The molecule has 1 aromatic rings. The zero-order valence-corrected chi connectivity index (χ0v) is 9.04.